The van der Waals surface area contributed by atoms with Gasteiger partial charge in [0, 0.05) is 5.56 Å². The van der Waals surface area contributed by atoms with Gasteiger partial charge in [0.05, 0.1) is 26.9 Å². The van der Waals surface area contributed by atoms with Crippen LogP contribution in [-0.4, -0.2) is 25.5 Å². The Hall–Kier alpha value is -2.13. The summed E-state index contributed by atoms with van der Waals surface area (Å²) in [5.41, 5.74) is -0.0819. The number of primary sulfonamides is 1. The largest absolute Gasteiger partial charge is 0.478 e. The molecule has 138 valence electrons. The first-order valence-corrected chi connectivity index (χ1v) is 9.38. The van der Waals surface area contributed by atoms with Crippen LogP contribution in [0.25, 0.3) is 0 Å². The number of nitrogens with two attached hydrogens (primary N) is 1. The third-order valence-electron chi connectivity index (χ3n) is 3.36. The number of halogens is 2. The van der Waals surface area contributed by atoms with Gasteiger partial charge in [-0.15, -0.1) is 0 Å². The van der Waals surface area contributed by atoms with Crippen LogP contribution in [0.4, 0.5) is 0 Å². The molecular weight excluding hydrogens is 405 g/mol. The molecule has 0 aliphatic heterocycles. The fourth-order valence-electron chi connectivity index (χ4n) is 2.19. The molecule has 0 atom stereocenters. The van der Waals surface area contributed by atoms with Crippen molar-refractivity contribution >= 4 is 45.2 Å². The minimum Gasteiger partial charge on any atom is -0.478 e. The minimum absolute atomic E-state index is 0.0403. The predicted octanol–water partition coefficient (Wildman–Crippen LogP) is 2.62. The Morgan fingerprint density at radius 1 is 1.15 bits per heavy atom. The molecule has 0 aliphatic rings. The lowest BCUT2D eigenvalue weighted by Crippen LogP contribution is -2.19. The summed E-state index contributed by atoms with van der Waals surface area (Å²) in [4.78, 5) is 22.8. The number of ether oxygens (including phenoxy) is 1. The van der Waals surface area contributed by atoms with Gasteiger partial charge in [0.1, 0.15) is 6.61 Å². The second-order valence-electron chi connectivity index (χ2n) is 5.20. The van der Waals surface area contributed by atoms with Gasteiger partial charge in [0.25, 0.3) is 0 Å². The fourth-order valence-corrected chi connectivity index (χ4v) is 3.79. The number of hydrogen-bond acceptors (Lipinski definition) is 5. The lowest BCUT2D eigenvalue weighted by atomic mass is 10.1. The van der Waals surface area contributed by atoms with Gasteiger partial charge >= 0.3 is 11.9 Å². The molecule has 0 heterocycles. The molecule has 0 unspecified atom stereocenters. The molecule has 0 aliphatic carbocycles. The van der Waals surface area contributed by atoms with Crippen molar-refractivity contribution in [3.05, 3.63) is 63.1 Å². The average molecular weight is 418 g/mol. The van der Waals surface area contributed by atoms with E-state index in [-0.39, 0.29) is 12.2 Å². The van der Waals surface area contributed by atoms with Crippen LogP contribution >= 0.6 is 23.2 Å². The van der Waals surface area contributed by atoms with E-state index in [0.29, 0.717) is 0 Å². The molecule has 0 saturated carbocycles. The highest BCUT2D eigenvalue weighted by Gasteiger charge is 2.27. The normalized spacial score (nSPS) is 11.2. The summed E-state index contributed by atoms with van der Waals surface area (Å²) in [6.07, 6.45) is -0.588. The van der Waals surface area contributed by atoms with Gasteiger partial charge in [0.15, 0.2) is 0 Å². The summed E-state index contributed by atoms with van der Waals surface area (Å²) in [5, 5.41) is 13.4. The molecule has 2 rings (SSSR count). The Kier molecular flexibility index (Phi) is 6.25. The van der Waals surface area contributed by atoms with E-state index >= 15 is 0 Å². The Balaban J connectivity index is 2.36. The van der Waals surface area contributed by atoms with Crippen LogP contribution in [0.2, 0.25) is 10.0 Å². The molecule has 3 N–H and O–H groups in total. The van der Waals surface area contributed by atoms with E-state index in [9.17, 15) is 23.1 Å². The summed E-state index contributed by atoms with van der Waals surface area (Å²) < 4.78 is 28.6. The van der Waals surface area contributed by atoms with Crippen LogP contribution in [0.15, 0.2) is 41.3 Å². The van der Waals surface area contributed by atoms with Gasteiger partial charge in [-0.05, 0) is 11.6 Å². The molecule has 0 saturated heterocycles. The number of carbonyl (C=O) groups excluding carboxylic acids is 1. The SMILES string of the molecule is NS(=O)(=O)c1cc(Cl)c(C(=O)O)c(Cl)c1CC(=O)OCc1ccccc1. The van der Waals surface area contributed by atoms with Crippen molar-refractivity contribution in [3.63, 3.8) is 0 Å². The first-order chi connectivity index (χ1) is 12.1. The molecule has 0 radical (unpaired) electrons. The van der Waals surface area contributed by atoms with Crippen LogP contribution in [0, 0.1) is 0 Å². The quantitative estimate of drug-likeness (QED) is 0.695. The van der Waals surface area contributed by atoms with Crippen LogP contribution < -0.4 is 5.14 Å². The monoisotopic (exact) mass is 417 g/mol. The molecule has 0 bridgehead atoms. The van der Waals surface area contributed by atoms with Gasteiger partial charge in [-0.1, -0.05) is 53.5 Å². The standard InChI is InChI=1S/C16H13Cl2NO6S/c17-11-7-12(26(19,23)24)10(15(18)14(11)16(21)22)6-13(20)25-8-9-4-2-1-3-5-9/h1-5,7H,6,8H2,(H,21,22)(H2,19,23,24). The van der Waals surface area contributed by atoms with Crippen molar-refractivity contribution in [3.8, 4) is 0 Å². The zero-order valence-electron chi connectivity index (χ0n) is 13.1. The van der Waals surface area contributed by atoms with E-state index in [1.54, 1.807) is 30.3 Å². The fraction of sp³-hybridized carbons (Fsp3) is 0.125. The molecular formula is C16H13Cl2NO6S. The summed E-state index contributed by atoms with van der Waals surface area (Å²) in [6.45, 7) is -0.0403. The third-order valence-corrected chi connectivity index (χ3v) is 5.06. The van der Waals surface area contributed by atoms with Gasteiger partial charge < -0.3 is 9.84 Å². The molecule has 7 nitrogen and oxygen atoms in total. The van der Waals surface area contributed by atoms with Crippen molar-refractivity contribution in [2.24, 2.45) is 5.14 Å². The molecule has 2 aromatic carbocycles. The molecule has 0 fully saturated rings. The van der Waals surface area contributed by atoms with Crippen molar-refractivity contribution in [2.45, 2.75) is 17.9 Å². The Labute approximate surface area is 159 Å². The molecule has 0 aromatic heterocycles. The predicted molar refractivity (Wildman–Crippen MR) is 94.7 cm³/mol. The maximum atomic E-state index is 12.1. The van der Waals surface area contributed by atoms with E-state index in [1.807, 2.05) is 0 Å². The summed E-state index contributed by atoms with van der Waals surface area (Å²) in [7, 11) is -4.30. The first-order valence-electron chi connectivity index (χ1n) is 7.07. The topological polar surface area (TPSA) is 124 Å². The van der Waals surface area contributed by atoms with Crippen molar-refractivity contribution < 1.29 is 27.9 Å². The van der Waals surface area contributed by atoms with E-state index < -0.39 is 48.9 Å². The Bertz CT molecular complexity index is 960. The number of carboxylic acid groups (broad SMARTS) is 1. The lowest BCUT2D eigenvalue weighted by molar-refractivity contribution is -0.144. The Morgan fingerprint density at radius 2 is 1.77 bits per heavy atom. The van der Waals surface area contributed by atoms with E-state index in [2.05, 4.69) is 0 Å². The number of carbonyl (C=O) groups is 2. The first kappa shape index (κ1) is 20.2. The molecule has 10 heteroatoms. The third kappa shape index (κ3) is 4.73. The molecule has 26 heavy (non-hydrogen) atoms. The van der Waals surface area contributed by atoms with E-state index in [1.165, 1.54) is 0 Å². The number of esters is 1. The zero-order valence-corrected chi connectivity index (χ0v) is 15.4. The Morgan fingerprint density at radius 3 is 2.31 bits per heavy atom. The second-order valence-corrected chi connectivity index (χ2v) is 7.51. The van der Waals surface area contributed by atoms with Crippen LogP contribution in [0.3, 0.4) is 0 Å². The van der Waals surface area contributed by atoms with Crippen LogP contribution in [-0.2, 0) is 32.6 Å². The van der Waals surface area contributed by atoms with Crippen molar-refractivity contribution in [1.29, 1.82) is 0 Å². The minimum atomic E-state index is -4.30. The number of carboxylic acids is 1. The summed E-state index contributed by atoms with van der Waals surface area (Å²) in [5.74, 6) is -2.28. The number of sulfonamides is 1. The van der Waals surface area contributed by atoms with Gasteiger partial charge in [-0.2, -0.15) is 0 Å². The van der Waals surface area contributed by atoms with Gasteiger partial charge in [0.2, 0.25) is 10.0 Å². The maximum Gasteiger partial charge on any atom is 0.338 e. The van der Waals surface area contributed by atoms with Crippen LogP contribution in [0.1, 0.15) is 21.5 Å². The number of aromatic carboxylic acids is 1. The van der Waals surface area contributed by atoms with Gasteiger partial charge in [-0.3, -0.25) is 4.79 Å². The highest BCUT2D eigenvalue weighted by molar-refractivity contribution is 7.89. The van der Waals surface area contributed by atoms with E-state index in [4.69, 9.17) is 33.1 Å². The smallest absolute Gasteiger partial charge is 0.338 e. The average Bonchev–Trinajstić information content (AvgIpc) is 2.55. The maximum absolute atomic E-state index is 12.1. The van der Waals surface area contributed by atoms with Crippen molar-refractivity contribution in [1.82, 2.24) is 0 Å². The van der Waals surface area contributed by atoms with Gasteiger partial charge in [-0.25, -0.2) is 18.4 Å². The lowest BCUT2D eigenvalue weighted by Gasteiger charge is -2.13. The highest BCUT2D eigenvalue weighted by atomic mass is 35.5. The highest BCUT2D eigenvalue weighted by Crippen LogP contribution is 2.34. The van der Waals surface area contributed by atoms with Crippen molar-refractivity contribution in [2.75, 3.05) is 0 Å². The summed E-state index contributed by atoms with van der Waals surface area (Å²) in [6, 6.07) is 9.65. The zero-order chi connectivity index (χ0) is 19.5. The number of benzene rings is 2. The molecule has 2 aromatic rings. The van der Waals surface area contributed by atoms with Crippen LogP contribution in [0.5, 0.6) is 0 Å². The number of hydrogen-bond donors (Lipinski definition) is 2. The second kappa shape index (κ2) is 8.05. The summed E-state index contributed by atoms with van der Waals surface area (Å²) >= 11 is 11.8. The number of rotatable bonds is 6. The molecule has 0 spiro atoms. The molecule has 0 amide bonds. The van der Waals surface area contributed by atoms with E-state index in [0.717, 1.165) is 11.6 Å².